The minimum absolute atomic E-state index is 0.668. The lowest BCUT2D eigenvalue weighted by molar-refractivity contribution is 0.460. The summed E-state index contributed by atoms with van der Waals surface area (Å²) in [5.41, 5.74) is 6.12. The van der Waals surface area contributed by atoms with Crippen molar-refractivity contribution in [3.05, 3.63) is 47.5 Å². The van der Waals surface area contributed by atoms with Gasteiger partial charge in [0.25, 0.3) is 0 Å². The number of nitrogens with one attached hydrogen (secondary N) is 2. The van der Waals surface area contributed by atoms with E-state index in [1.165, 1.54) is 28.9 Å². The molecular formula is C20H23N3S. The molecule has 1 aliphatic rings. The molecular weight excluding hydrogens is 314 g/mol. The molecule has 0 bridgehead atoms. The summed E-state index contributed by atoms with van der Waals surface area (Å²) >= 11 is 1.76. The van der Waals surface area contributed by atoms with Crippen molar-refractivity contribution in [2.24, 2.45) is 0 Å². The molecule has 0 aliphatic carbocycles. The quantitative estimate of drug-likeness (QED) is 0.679. The molecule has 4 rings (SSSR count). The first-order chi connectivity index (χ1) is 11.7. The number of piperidine rings is 1. The molecule has 1 aliphatic heterocycles. The number of thioether (sulfide) groups is 1. The van der Waals surface area contributed by atoms with Gasteiger partial charge in [0.2, 0.25) is 0 Å². The normalized spacial score (nSPS) is 15.9. The fraction of sp³-hybridized carbons (Fsp3) is 0.350. The molecule has 0 amide bonds. The Bertz CT molecular complexity index is 845. The maximum absolute atomic E-state index is 4.85. The highest BCUT2D eigenvalue weighted by molar-refractivity contribution is 7.98. The second-order valence-corrected chi connectivity index (χ2v) is 7.45. The van der Waals surface area contributed by atoms with Gasteiger partial charge < -0.3 is 10.3 Å². The van der Waals surface area contributed by atoms with E-state index in [4.69, 9.17) is 4.98 Å². The maximum atomic E-state index is 4.85. The summed E-state index contributed by atoms with van der Waals surface area (Å²) in [4.78, 5) is 9.66. The molecule has 124 valence electrons. The number of hydrogen-bond donors (Lipinski definition) is 2. The minimum Gasteiger partial charge on any atom is -0.338 e. The van der Waals surface area contributed by atoms with Crippen LogP contribution in [0.15, 0.2) is 41.3 Å². The molecule has 2 aromatic carbocycles. The number of hydrogen-bond acceptors (Lipinski definition) is 3. The standard InChI is InChI=1S/C20H23N3S/c1-13-11-16(14-7-9-21-10-8-14)12-18-19(13)23-20(22-18)15-3-5-17(24-2)6-4-15/h3-6,11-12,14,21H,7-10H2,1-2H3,(H,22,23). The molecule has 3 nitrogen and oxygen atoms in total. The summed E-state index contributed by atoms with van der Waals surface area (Å²) in [5.74, 6) is 1.63. The Morgan fingerprint density at radius 3 is 2.54 bits per heavy atom. The summed E-state index contributed by atoms with van der Waals surface area (Å²) in [7, 11) is 0. The summed E-state index contributed by atoms with van der Waals surface area (Å²) in [5, 5.41) is 3.45. The van der Waals surface area contributed by atoms with Crippen LogP contribution in [0.4, 0.5) is 0 Å². The first-order valence-electron chi connectivity index (χ1n) is 8.60. The van der Waals surface area contributed by atoms with Gasteiger partial charge in [0.05, 0.1) is 11.0 Å². The van der Waals surface area contributed by atoms with E-state index in [9.17, 15) is 0 Å². The molecule has 1 aromatic heterocycles. The molecule has 24 heavy (non-hydrogen) atoms. The van der Waals surface area contributed by atoms with Gasteiger partial charge in [0, 0.05) is 10.5 Å². The van der Waals surface area contributed by atoms with E-state index in [2.05, 4.69) is 59.9 Å². The summed E-state index contributed by atoms with van der Waals surface area (Å²) in [6, 6.07) is 13.2. The number of aryl methyl sites for hydroxylation is 1. The van der Waals surface area contributed by atoms with Crippen molar-refractivity contribution >= 4 is 22.8 Å². The average Bonchev–Trinajstić information content (AvgIpc) is 3.07. The zero-order valence-corrected chi connectivity index (χ0v) is 15.0. The molecule has 2 N–H and O–H groups in total. The van der Waals surface area contributed by atoms with Gasteiger partial charge in [-0.2, -0.15) is 0 Å². The molecule has 0 spiro atoms. The number of aromatic nitrogens is 2. The van der Waals surface area contributed by atoms with Crippen LogP contribution in [0.1, 0.15) is 29.9 Å². The fourth-order valence-electron chi connectivity index (χ4n) is 3.60. The van der Waals surface area contributed by atoms with Crippen molar-refractivity contribution in [1.82, 2.24) is 15.3 Å². The highest BCUT2D eigenvalue weighted by Crippen LogP contribution is 2.31. The second-order valence-electron chi connectivity index (χ2n) is 6.57. The Hall–Kier alpha value is -1.78. The third-order valence-corrected chi connectivity index (χ3v) is 5.72. The number of nitrogens with zero attached hydrogens (tertiary/aromatic N) is 1. The molecule has 0 unspecified atom stereocenters. The van der Waals surface area contributed by atoms with Gasteiger partial charge in [-0.15, -0.1) is 11.8 Å². The van der Waals surface area contributed by atoms with Crippen LogP contribution in [-0.4, -0.2) is 29.3 Å². The summed E-state index contributed by atoms with van der Waals surface area (Å²) in [6.45, 7) is 4.42. The molecule has 0 atom stereocenters. The fourth-order valence-corrected chi connectivity index (χ4v) is 4.00. The number of benzene rings is 2. The second kappa shape index (κ2) is 6.61. The van der Waals surface area contributed by atoms with E-state index in [0.717, 1.165) is 35.5 Å². The highest BCUT2D eigenvalue weighted by Gasteiger charge is 2.17. The zero-order chi connectivity index (χ0) is 16.5. The summed E-state index contributed by atoms with van der Waals surface area (Å²) in [6.07, 6.45) is 4.55. The average molecular weight is 337 g/mol. The summed E-state index contributed by atoms with van der Waals surface area (Å²) < 4.78 is 0. The van der Waals surface area contributed by atoms with Crippen LogP contribution in [0.2, 0.25) is 0 Å². The first kappa shape index (κ1) is 15.7. The Balaban J connectivity index is 1.72. The van der Waals surface area contributed by atoms with Crippen LogP contribution in [-0.2, 0) is 0 Å². The molecule has 4 heteroatoms. The molecule has 2 heterocycles. The van der Waals surface area contributed by atoms with E-state index >= 15 is 0 Å². The largest absolute Gasteiger partial charge is 0.338 e. The number of aromatic amines is 1. The van der Waals surface area contributed by atoms with E-state index < -0.39 is 0 Å². The van der Waals surface area contributed by atoms with Crippen LogP contribution in [0.25, 0.3) is 22.4 Å². The smallest absolute Gasteiger partial charge is 0.138 e. The number of imidazole rings is 1. The van der Waals surface area contributed by atoms with Gasteiger partial charge in [-0.1, -0.05) is 18.2 Å². The van der Waals surface area contributed by atoms with Crippen LogP contribution in [0.5, 0.6) is 0 Å². The van der Waals surface area contributed by atoms with Crippen LogP contribution < -0.4 is 5.32 Å². The predicted molar refractivity (Wildman–Crippen MR) is 103 cm³/mol. The Morgan fingerprint density at radius 1 is 1.08 bits per heavy atom. The molecule has 1 fully saturated rings. The van der Waals surface area contributed by atoms with Crippen molar-refractivity contribution in [3.8, 4) is 11.4 Å². The molecule has 1 saturated heterocycles. The van der Waals surface area contributed by atoms with Gasteiger partial charge in [-0.3, -0.25) is 0 Å². The molecule has 0 saturated carbocycles. The topological polar surface area (TPSA) is 40.7 Å². The van der Waals surface area contributed by atoms with Crippen molar-refractivity contribution in [1.29, 1.82) is 0 Å². The highest BCUT2D eigenvalue weighted by atomic mass is 32.2. The molecule has 3 aromatic rings. The van der Waals surface area contributed by atoms with Gasteiger partial charge in [0.1, 0.15) is 5.82 Å². The van der Waals surface area contributed by atoms with Gasteiger partial charge in [-0.05, 0) is 74.4 Å². The van der Waals surface area contributed by atoms with Crippen molar-refractivity contribution in [2.75, 3.05) is 19.3 Å². The Labute approximate surface area is 147 Å². The zero-order valence-electron chi connectivity index (χ0n) is 14.2. The third-order valence-electron chi connectivity index (χ3n) is 4.97. The van der Waals surface area contributed by atoms with E-state index in [0.29, 0.717) is 5.92 Å². The predicted octanol–water partition coefficient (Wildman–Crippen LogP) is 4.73. The van der Waals surface area contributed by atoms with Crippen molar-refractivity contribution in [2.45, 2.75) is 30.6 Å². The van der Waals surface area contributed by atoms with E-state index in [1.807, 2.05) is 0 Å². The van der Waals surface area contributed by atoms with Crippen molar-refractivity contribution < 1.29 is 0 Å². The lowest BCUT2D eigenvalue weighted by Gasteiger charge is -2.23. The van der Waals surface area contributed by atoms with E-state index in [-0.39, 0.29) is 0 Å². The maximum Gasteiger partial charge on any atom is 0.138 e. The van der Waals surface area contributed by atoms with Crippen LogP contribution in [0, 0.1) is 6.92 Å². The van der Waals surface area contributed by atoms with Crippen LogP contribution >= 0.6 is 11.8 Å². The number of H-pyrrole nitrogens is 1. The first-order valence-corrected chi connectivity index (χ1v) is 9.82. The number of fused-ring (bicyclic) bond motifs is 1. The molecule has 0 radical (unpaired) electrons. The van der Waals surface area contributed by atoms with Crippen LogP contribution in [0.3, 0.4) is 0 Å². The monoisotopic (exact) mass is 337 g/mol. The van der Waals surface area contributed by atoms with Gasteiger partial charge in [-0.25, -0.2) is 4.98 Å². The number of rotatable bonds is 3. The van der Waals surface area contributed by atoms with Gasteiger partial charge >= 0.3 is 0 Å². The van der Waals surface area contributed by atoms with Gasteiger partial charge in [0.15, 0.2) is 0 Å². The van der Waals surface area contributed by atoms with E-state index in [1.54, 1.807) is 11.8 Å². The Kier molecular flexibility index (Phi) is 4.33. The Morgan fingerprint density at radius 2 is 1.83 bits per heavy atom. The third kappa shape index (κ3) is 2.96. The lowest BCUT2D eigenvalue weighted by atomic mass is 9.89. The minimum atomic E-state index is 0.668. The van der Waals surface area contributed by atoms with Crippen molar-refractivity contribution in [3.63, 3.8) is 0 Å². The lowest BCUT2D eigenvalue weighted by Crippen LogP contribution is -2.26. The SMILES string of the molecule is CSc1ccc(-c2nc3c(C)cc(C4CCNCC4)cc3[nH]2)cc1.